The molecule has 1 saturated heterocycles. The quantitative estimate of drug-likeness (QED) is 0.823. The standard InChI is InChI=1S/C18H28N2O4S2/c1-14-6-5-7-18(15(14)2)19-25(21,22)16-8-10-17(11-9-16)26(23,24)20-12-3-4-13-20/h8-11,14-15,18-19H,3-7,12-13H2,1-2H3/t14-,15+,18+/m0/s1. The van der Waals surface area contributed by atoms with Crippen molar-refractivity contribution in [1.29, 1.82) is 0 Å². The van der Waals surface area contributed by atoms with Gasteiger partial charge in [0, 0.05) is 19.1 Å². The van der Waals surface area contributed by atoms with E-state index in [4.69, 9.17) is 0 Å². The van der Waals surface area contributed by atoms with Crippen LogP contribution in [0, 0.1) is 11.8 Å². The van der Waals surface area contributed by atoms with Gasteiger partial charge < -0.3 is 0 Å². The van der Waals surface area contributed by atoms with E-state index in [1.165, 1.54) is 28.6 Å². The maximum atomic E-state index is 12.7. The van der Waals surface area contributed by atoms with E-state index in [1.54, 1.807) is 0 Å². The molecule has 1 aromatic carbocycles. The van der Waals surface area contributed by atoms with Gasteiger partial charge in [0.1, 0.15) is 0 Å². The molecule has 6 nitrogen and oxygen atoms in total. The second kappa shape index (κ2) is 7.58. The largest absolute Gasteiger partial charge is 0.243 e. The number of hydrogen-bond donors (Lipinski definition) is 1. The van der Waals surface area contributed by atoms with E-state index in [1.807, 2.05) is 0 Å². The number of sulfonamides is 2. The van der Waals surface area contributed by atoms with Gasteiger partial charge in [-0.05, 0) is 55.4 Å². The third-order valence-electron chi connectivity index (χ3n) is 5.85. The Kier molecular flexibility index (Phi) is 5.77. The molecule has 1 aliphatic carbocycles. The van der Waals surface area contributed by atoms with Crippen molar-refractivity contribution >= 4 is 20.0 Å². The third-order valence-corrected chi connectivity index (χ3v) is 9.27. The van der Waals surface area contributed by atoms with Gasteiger partial charge in [0.15, 0.2) is 0 Å². The smallest absolute Gasteiger partial charge is 0.208 e. The summed E-state index contributed by atoms with van der Waals surface area (Å²) < 4.78 is 54.8. The first-order valence-electron chi connectivity index (χ1n) is 9.34. The van der Waals surface area contributed by atoms with Crippen LogP contribution >= 0.6 is 0 Å². The van der Waals surface area contributed by atoms with E-state index in [-0.39, 0.29) is 21.8 Å². The van der Waals surface area contributed by atoms with Crippen LogP contribution in [0.4, 0.5) is 0 Å². The Morgan fingerprint density at radius 1 is 0.885 bits per heavy atom. The molecule has 0 bridgehead atoms. The zero-order valence-corrected chi connectivity index (χ0v) is 17.0. The maximum Gasteiger partial charge on any atom is 0.243 e. The van der Waals surface area contributed by atoms with Crippen LogP contribution in [-0.2, 0) is 20.0 Å². The molecule has 3 rings (SSSR count). The number of nitrogens with one attached hydrogen (secondary N) is 1. The van der Waals surface area contributed by atoms with Gasteiger partial charge in [0.05, 0.1) is 9.79 Å². The molecule has 8 heteroatoms. The Morgan fingerprint density at radius 2 is 1.46 bits per heavy atom. The summed E-state index contributed by atoms with van der Waals surface area (Å²) in [5, 5.41) is 0. The molecule has 1 aliphatic heterocycles. The summed E-state index contributed by atoms with van der Waals surface area (Å²) >= 11 is 0. The van der Waals surface area contributed by atoms with Gasteiger partial charge in [-0.1, -0.05) is 26.7 Å². The van der Waals surface area contributed by atoms with Gasteiger partial charge in [-0.25, -0.2) is 21.6 Å². The summed E-state index contributed by atoms with van der Waals surface area (Å²) in [5.41, 5.74) is 0. The third kappa shape index (κ3) is 3.98. The van der Waals surface area contributed by atoms with Crippen molar-refractivity contribution in [1.82, 2.24) is 9.03 Å². The van der Waals surface area contributed by atoms with Gasteiger partial charge in [-0.2, -0.15) is 4.31 Å². The van der Waals surface area contributed by atoms with E-state index in [2.05, 4.69) is 18.6 Å². The van der Waals surface area contributed by atoms with Crippen LogP contribution in [0.5, 0.6) is 0 Å². The van der Waals surface area contributed by atoms with E-state index in [9.17, 15) is 16.8 Å². The summed E-state index contributed by atoms with van der Waals surface area (Å²) in [5.74, 6) is 0.776. The molecule has 26 heavy (non-hydrogen) atoms. The molecule has 146 valence electrons. The fraction of sp³-hybridized carbons (Fsp3) is 0.667. The Balaban J connectivity index is 1.77. The molecule has 0 radical (unpaired) electrons. The molecule has 2 fully saturated rings. The predicted molar refractivity (Wildman–Crippen MR) is 101 cm³/mol. The van der Waals surface area contributed by atoms with Gasteiger partial charge in [0.25, 0.3) is 0 Å². The first kappa shape index (κ1) is 19.8. The summed E-state index contributed by atoms with van der Waals surface area (Å²) in [6.45, 7) is 5.30. The van der Waals surface area contributed by atoms with Crippen molar-refractivity contribution in [2.24, 2.45) is 11.8 Å². The molecule has 0 unspecified atom stereocenters. The van der Waals surface area contributed by atoms with E-state index in [0.29, 0.717) is 19.0 Å². The molecule has 0 spiro atoms. The monoisotopic (exact) mass is 400 g/mol. The molecular weight excluding hydrogens is 372 g/mol. The highest BCUT2D eigenvalue weighted by Gasteiger charge is 2.31. The van der Waals surface area contributed by atoms with Crippen molar-refractivity contribution < 1.29 is 16.8 Å². The van der Waals surface area contributed by atoms with Crippen LogP contribution in [0.3, 0.4) is 0 Å². The van der Waals surface area contributed by atoms with Crippen LogP contribution in [0.15, 0.2) is 34.1 Å². The van der Waals surface area contributed by atoms with Crippen molar-refractivity contribution in [3.05, 3.63) is 24.3 Å². The van der Waals surface area contributed by atoms with Crippen molar-refractivity contribution in [2.75, 3.05) is 13.1 Å². The zero-order chi connectivity index (χ0) is 18.9. The second-order valence-corrected chi connectivity index (χ2v) is 11.2. The van der Waals surface area contributed by atoms with Crippen molar-refractivity contribution in [3.8, 4) is 0 Å². The fourth-order valence-corrected chi connectivity index (χ4v) is 6.76. The number of nitrogens with zero attached hydrogens (tertiary/aromatic N) is 1. The lowest BCUT2D eigenvalue weighted by Gasteiger charge is -2.34. The van der Waals surface area contributed by atoms with Crippen LogP contribution < -0.4 is 4.72 Å². The van der Waals surface area contributed by atoms with E-state index >= 15 is 0 Å². The second-order valence-electron chi connectivity index (χ2n) is 7.58. The Bertz CT molecular complexity index is 828. The molecule has 3 atom stereocenters. The minimum atomic E-state index is -3.66. The van der Waals surface area contributed by atoms with Gasteiger partial charge >= 0.3 is 0 Å². The Labute approximate surface area is 157 Å². The molecule has 2 aliphatic rings. The molecule has 1 aromatic rings. The number of hydrogen-bond acceptors (Lipinski definition) is 4. The van der Waals surface area contributed by atoms with Gasteiger partial charge in [-0.3, -0.25) is 0 Å². The molecule has 0 aromatic heterocycles. The molecule has 1 heterocycles. The Morgan fingerprint density at radius 3 is 2.08 bits per heavy atom. The highest BCUT2D eigenvalue weighted by atomic mass is 32.2. The highest BCUT2D eigenvalue weighted by Crippen LogP contribution is 2.30. The summed E-state index contributed by atoms with van der Waals surface area (Å²) in [6, 6.07) is 5.51. The molecule has 1 saturated carbocycles. The molecule has 1 N–H and O–H groups in total. The van der Waals surface area contributed by atoms with Crippen LogP contribution in [0.2, 0.25) is 0 Å². The molecule has 0 amide bonds. The maximum absolute atomic E-state index is 12.7. The minimum Gasteiger partial charge on any atom is -0.208 e. The average molecular weight is 401 g/mol. The number of rotatable bonds is 5. The molecular formula is C18H28N2O4S2. The van der Waals surface area contributed by atoms with Gasteiger partial charge in [-0.15, -0.1) is 0 Å². The highest BCUT2D eigenvalue weighted by molar-refractivity contribution is 7.89. The van der Waals surface area contributed by atoms with Crippen LogP contribution in [0.25, 0.3) is 0 Å². The Hall–Kier alpha value is -0.960. The lowest BCUT2D eigenvalue weighted by atomic mass is 9.78. The lowest BCUT2D eigenvalue weighted by molar-refractivity contribution is 0.227. The van der Waals surface area contributed by atoms with E-state index < -0.39 is 20.0 Å². The number of benzene rings is 1. The minimum absolute atomic E-state index is 0.0724. The first-order chi connectivity index (χ1) is 12.2. The summed E-state index contributed by atoms with van der Waals surface area (Å²) in [4.78, 5) is 0.265. The van der Waals surface area contributed by atoms with Crippen LogP contribution in [-0.4, -0.2) is 40.3 Å². The zero-order valence-electron chi connectivity index (χ0n) is 15.4. The SMILES string of the molecule is C[C@@H]1[C@@H](C)CCC[C@H]1NS(=O)(=O)c1ccc(S(=O)(=O)N2CCCC2)cc1. The average Bonchev–Trinajstić information content (AvgIpc) is 3.14. The summed E-state index contributed by atoms with van der Waals surface area (Å²) in [7, 11) is -7.18. The first-order valence-corrected chi connectivity index (χ1v) is 12.3. The predicted octanol–water partition coefficient (Wildman–Crippen LogP) is 2.57. The van der Waals surface area contributed by atoms with E-state index in [0.717, 1.165) is 32.1 Å². The normalized spacial score (nSPS) is 28.3. The fourth-order valence-electron chi connectivity index (χ4n) is 3.88. The van der Waals surface area contributed by atoms with Gasteiger partial charge in [0.2, 0.25) is 20.0 Å². The van der Waals surface area contributed by atoms with Crippen LogP contribution in [0.1, 0.15) is 46.0 Å². The lowest BCUT2D eigenvalue weighted by Crippen LogP contribution is -2.43. The van der Waals surface area contributed by atoms with Crippen molar-refractivity contribution in [3.63, 3.8) is 0 Å². The van der Waals surface area contributed by atoms with Crippen molar-refractivity contribution in [2.45, 2.75) is 61.8 Å². The topological polar surface area (TPSA) is 83.5 Å². The summed E-state index contributed by atoms with van der Waals surface area (Å²) in [6.07, 6.45) is 4.72.